The van der Waals surface area contributed by atoms with Crippen molar-refractivity contribution in [3.05, 3.63) is 89.1 Å². The number of ketones is 1. The molecule has 0 atom stereocenters. The van der Waals surface area contributed by atoms with Crippen LogP contribution >= 0.6 is 11.6 Å². The first-order chi connectivity index (χ1) is 15.0. The normalized spacial score (nSPS) is 10.5. The second-order valence-corrected chi connectivity index (χ2v) is 7.05. The number of carbonyl (C=O) groups excluding carboxylic acids is 2. The van der Waals surface area contributed by atoms with E-state index in [1.165, 1.54) is 13.3 Å². The van der Waals surface area contributed by atoms with Crippen molar-refractivity contribution >= 4 is 45.8 Å². The van der Waals surface area contributed by atoms with Gasteiger partial charge in [0.25, 0.3) is 0 Å². The number of halogens is 1. The lowest BCUT2D eigenvalue weighted by molar-refractivity contribution is 0.103. The Kier molecular flexibility index (Phi) is 5.77. The summed E-state index contributed by atoms with van der Waals surface area (Å²) in [6, 6.07) is 18.2. The molecule has 4 rings (SSSR count). The second-order valence-electron chi connectivity index (χ2n) is 6.62. The van der Waals surface area contributed by atoms with Crippen LogP contribution in [-0.2, 0) is 0 Å². The molecule has 3 aromatic carbocycles. The summed E-state index contributed by atoms with van der Waals surface area (Å²) >= 11 is 5.93. The highest BCUT2D eigenvalue weighted by Gasteiger charge is 2.12. The fourth-order valence-corrected chi connectivity index (χ4v) is 3.19. The van der Waals surface area contributed by atoms with E-state index in [2.05, 4.69) is 20.6 Å². The average Bonchev–Trinajstić information content (AvgIpc) is 2.78. The highest BCUT2D eigenvalue weighted by molar-refractivity contribution is 6.30. The average molecular weight is 433 g/mol. The van der Waals surface area contributed by atoms with Crippen molar-refractivity contribution in [3.8, 4) is 5.88 Å². The molecule has 0 saturated heterocycles. The summed E-state index contributed by atoms with van der Waals surface area (Å²) in [6.07, 6.45) is 1.52. The van der Waals surface area contributed by atoms with Crippen LogP contribution in [0.2, 0.25) is 5.02 Å². The molecular formula is C23H17ClN4O3. The molecule has 0 bridgehead atoms. The molecule has 31 heavy (non-hydrogen) atoms. The van der Waals surface area contributed by atoms with Crippen LogP contribution in [0.1, 0.15) is 15.9 Å². The van der Waals surface area contributed by atoms with Crippen molar-refractivity contribution in [2.24, 2.45) is 0 Å². The zero-order valence-electron chi connectivity index (χ0n) is 16.4. The van der Waals surface area contributed by atoms with E-state index in [1.807, 2.05) is 0 Å². The molecule has 0 saturated carbocycles. The number of methoxy groups -OCH3 is 1. The molecule has 0 aliphatic rings. The molecule has 1 heterocycles. The number of benzene rings is 3. The van der Waals surface area contributed by atoms with Crippen molar-refractivity contribution in [3.63, 3.8) is 0 Å². The van der Waals surface area contributed by atoms with Crippen LogP contribution in [-0.4, -0.2) is 28.9 Å². The molecule has 7 nitrogen and oxygen atoms in total. The lowest BCUT2D eigenvalue weighted by Gasteiger charge is -2.09. The first kappa shape index (κ1) is 20.3. The molecule has 0 fully saturated rings. The first-order valence-corrected chi connectivity index (χ1v) is 9.69. The predicted octanol–water partition coefficient (Wildman–Crippen LogP) is 5.17. The van der Waals surface area contributed by atoms with Crippen molar-refractivity contribution in [1.82, 2.24) is 9.97 Å². The smallest absolute Gasteiger partial charge is 0.323 e. The molecule has 0 unspecified atom stereocenters. The number of amides is 2. The van der Waals surface area contributed by atoms with Gasteiger partial charge >= 0.3 is 6.03 Å². The van der Waals surface area contributed by atoms with Gasteiger partial charge in [0.2, 0.25) is 5.88 Å². The van der Waals surface area contributed by atoms with Crippen LogP contribution in [0.4, 0.5) is 16.2 Å². The molecule has 0 aliphatic heterocycles. The molecule has 1 aromatic heterocycles. The van der Waals surface area contributed by atoms with E-state index in [9.17, 15) is 9.59 Å². The Morgan fingerprint density at radius 1 is 0.871 bits per heavy atom. The Morgan fingerprint density at radius 2 is 1.58 bits per heavy atom. The van der Waals surface area contributed by atoms with Crippen LogP contribution in [0.15, 0.2) is 72.9 Å². The van der Waals surface area contributed by atoms with E-state index in [1.54, 1.807) is 66.7 Å². The minimum absolute atomic E-state index is 0.203. The van der Waals surface area contributed by atoms with Gasteiger partial charge in [0.15, 0.2) is 5.78 Å². The van der Waals surface area contributed by atoms with Crippen molar-refractivity contribution in [2.75, 3.05) is 17.7 Å². The van der Waals surface area contributed by atoms with Gasteiger partial charge in [-0.1, -0.05) is 29.8 Å². The zero-order valence-corrected chi connectivity index (χ0v) is 17.2. The Bertz CT molecular complexity index is 1290. The zero-order chi connectivity index (χ0) is 21.8. The van der Waals surface area contributed by atoms with E-state index in [0.717, 1.165) is 0 Å². The highest BCUT2D eigenvalue weighted by atomic mass is 35.5. The fourth-order valence-electron chi connectivity index (χ4n) is 3.00. The lowest BCUT2D eigenvalue weighted by atomic mass is 10.0. The highest BCUT2D eigenvalue weighted by Crippen LogP contribution is 2.20. The van der Waals surface area contributed by atoms with Gasteiger partial charge in [0.1, 0.15) is 0 Å². The number of hydrogen-bond donors (Lipinski definition) is 2. The number of ether oxygens (including phenoxy) is 1. The van der Waals surface area contributed by atoms with E-state index in [0.29, 0.717) is 44.4 Å². The van der Waals surface area contributed by atoms with Gasteiger partial charge in [-0.3, -0.25) is 4.79 Å². The first-order valence-electron chi connectivity index (χ1n) is 9.31. The van der Waals surface area contributed by atoms with Crippen LogP contribution in [0.25, 0.3) is 11.0 Å². The Morgan fingerprint density at radius 3 is 2.32 bits per heavy atom. The summed E-state index contributed by atoms with van der Waals surface area (Å²) < 4.78 is 5.10. The topological polar surface area (TPSA) is 93.2 Å². The third kappa shape index (κ3) is 4.79. The number of aromatic nitrogens is 2. The van der Waals surface area contributed by atoms with Crippen LogP contribution in [0, 0.1) is 0 Å². The molecule has 0 spiro atoms. The van der Waals surface area contributed by atoms with E-state index in [4.69, 9.17) is 16.3 Å². The van der Waals surface area contributed by atoms with Crippen molar-refractivity contribution in [2.45, 2.75) is 0 Å². The maximum Gasteiger partial charge on any atom is 0.323 e. The van der Waals surface area contributed by atoms with Crippen LogP contribution < -0.4 is 15.4 Å². The second kappa shape index (κ2) is 8.81. The standard InChI is InChI=1S/C23H17ClN4O3/c1-31-21-13-25-19-9-8-15(11-20(19)28-21)22(29)14-4-2-6-17(10-14)26-23(30)27-18-7-3-5-16(24)12-18/h2-13H,1H3,(H2,26,27,30). The van der Waals surface area contributed by atoms with Crippen molar-refractivity contribution in [1.29, 1.82) is 0 Å². The Balaban J connectivity index is 1.52. The van der Waals surface area contributed by atoms with Crippen molar-refractivity contribution < 1.29 is 14.3 Å². The van der Waals surface area contributed by atoms with Gasteiger partial charge < -0.3 is 15.4 Å². The summed E-state index contributed by atoms with van der Waals surface area (Å²) in [4.78, 5) is 33.8. The van der Waals surface area contributed by atoms with E-state index < -0.39 is 6.03 Å². The Hall–Kier alpha value is -3.97. The largest absolute Gasteiger partial charge is 0.480 e. The molecule has 4 aromatic rings. The summed E-state index contributed by atoms with van der Waals surface area (Å²) in [7, 11) is 1.51. The summed E-state index contributed by atoms with van der Waals surface area (Å²) in [6.45, 7) is 0. The summed E-state index contributed by atoms with van der Waals surface area (Å²) in [5, 5.41) is 5.93. The molecular weight excluding hydrogens is 416 g/mol. The third-order valence-electron chi connectivity index (χ3n) is 4.46. The number of anilines is 2. The van der Waals surface area contributed by atoms with E-state index in [-0.39, 0.29) is 5.78 Å². The minimum Gasteiger partial charge on any atom is -0.480 e. The summed E-state index contributed by atoms with van der Waals surface area (Å²) in [5.41, 5.74) is 3.13. The van der Waals surface area contributed by atoms with Crippen LogP contribution in [0.3, 0.4) is 0 Å². The lowest BCUT2D eigenvalue weighted by Crippen LogP contribution is -2.19. The minimum atomic E-state index is -0.444. The molecule has 8 heteroatoms. The monoisotopic (exact) mass is 432 g/mol. The number of hydrogen-bond acceptors (Lipinski definition) is 5. The number of fused-ring (bicyclic) bond motifs is 1. The Labute approximate surface area is 183 Å². The predicted molar refractivity (Wildman–Crippen MR) is 120 cm³/mol. The van der Waals surface area contributed by atoms with Gasteiger partial charge in [0, 0.05) is 27.5 Å². The SMILES string of the molecule is COc1cnc2ccc(C(=O)c3cccc(NC(=O)Nc4cccc(Cl)c4)c3)cc2n1. The fraction of sp³-hybridized carbons (Fsp3) is 0.0435. The maximum atomic E-state index is 13.0. The van der Waals surface area contributed by atoms with Gasteiger partial charge in [0.05, 0.1) is 24.3 Å². The van der Waals surface area contributed by atoms with Crippen LogP contribution in [0.5, 0.6) is 5.88 Å². The van der Waals surface area contributed by atoms with Gasteiger partial charge in [-0.05, 0) is 48.5 Å². The number of nitrogens with one attached hydrogen (secondary N) is 2. The van der Waals surface area contributed by atoms with Gasteiger partial charge in [-0.2, -0.15) is 0 Å². The number of urea groups is 1. The molecule has 154 valence electrons. The molecule has 2 N–H and O–H groups in total. The molecule has 2 amide bonds. The number of carbonyl (C=O) groups is 2. The maximum absolute atomic E-state index is 13.0. The molecule has 0 aliphatic carbocycles. The quantitative estimate of drug-likeness (QED) is 0.424. The molecule has 0 radical (unpaired) electrons. The number of rotatable bonds is 5. The third-order valence-corrected chi connectivity index (χ3v) is 4.69. The van der Waals surface area contributed by atoms with E-state index >= 15 is 0 Å². The number of nitrogens with zero attached hydrogens (tertiary/aromatic N) is 2. The summed E-state index contributed by atoms with van der Waals surface area (Å²) in [5.74, 6) is 0.166. The van der Waals surface area contributed by atoms with Gasteiger partial charge in [-0.25, -0.2) is 14.8 Å². The van der Waals surface area contributed by atoms with Gasteiger partial charge in [-0.15, -0.1) is 0 Å².